The molecular formula is C20H22N2O4. The number of aryl methyl sites for hydroxylation is 1. The molecule has 0 bridgehead atoms. The summed E-state index contributed by atoms with van der Waals surface area (Å²) in [6, 6.07) is 9.34. The monoisotopic (exact) mass is 354 g/mol. The van der Waals surface area contributed by atoms with Crippen molar-refractivity contribution in [2.24, 2.45) is 0 Å². The number of carboxylic acid groups (broad SMARTS) is 1. The van der Waals surface area contributed by atoms with Crippen LogP contribution in [0.25, 0.3) is 0 Å². The molecule has 6 nitrogen and oxygen atoms in total. The predicted molar refractivity (Wildman–Crippen MR) is 96.6 cm³/mol. The maximum absolute atomic E-state index is 12.2. The molecule has 1 aliphatic rings. The van der Waals surface area contributed by atoms with Gasteiger partial charge in [0.15, 0.2) is 0 Å². The fourth-order valence-electron chi connectivity index (χ4n) is 3.48. The van der Waals surface area contributed by atoms with Crippen LogP contribution < -0.4 is 4.74 Å². The Bertz CT molecular complexity index is 863. The third-order valence-electron chi connectivity index (χ3n) is 4.95. The van der Waals surface area contributed by atoms with Gasteiger partial charge in [-0.25, -0.2) is 9.78 Å². The van der Waals surface area contributed by atoms with Gasteiger partial charge in [-0.1, -0.05) is 12.1 Å². The van der Waals surface area contributed by atoms with Crippen LogP contribution in [0.15, 0.2) is 30.3 Å². The number of carbonyl (C=O) groups excluding carboxylic acids is 1. The summed E-state index contributed by atoms with van der Waals surface area (Å²) >= 11 is 0. The molecule has 26 heavy (non-hydrogen) atoms. The normalized spacial score (nSPS) is 14.8. The molecule has 2 aromatic rings. The smallest absolute Gasteiger partial charge is 0.328 e. The molecular weight excluding hydrogens is 332 g/mol. The topological polar surface area (TPSA) is 79.7 Å². The molecule has 136 valence electrons. The Morgan fingerprint density at radius 1 is 1.31 bits per heavy atom. The van der Waals surface area contributed by atoms with Crippen LogP contribution in [0, 0.1) is 6.92 Å². The summed E-state index contributed by atoms with van der Waals surface area (Å²) in [7, 11) is 3.44. The summed E-state index contributed by atoms with van der Waals surface area (Å²) in [5.74, 6) is 0.315. The van der Waals surface area contributed by atoms with E-state index in [9.17, 15) is 14.7 Å². The Kier molecular flexibility index (Phi) is 4.78. The highest BCUT2D eigenvalue weighted by Gasteiger charge is 2.42. The van der Waals surface area contributed by atoms with Crippen molar-refractivity contribution in [3.63, 3.8) is 0 Å². The summed E-state index contributed by atoms with van der Waals surface area (Å²) in [5, 5.41) is 9.97. The van der Waals surface area contributed by atoms with Crippen LogP contribution in [0.1, 0.15) is 35.2 Å². The number of carbonyl (C=O) groups is 2. The van der Waals surface area contributed by atoms with Crippen LogP contribution in [-0.2, 0) is 21.5 Å². The maximum atomic E-state index is 12.2. The fraction of sp³-hybridized carbons (Fsp3) is 0.350. The Labute approximate surface area is 152 Å². The lowest BCUT2D eigenvalue weighted by atomic mass is 9.82. The predicted octanol–water partition coefficient (Wildman–Crippen LogP) is 2.91. The third-order valence-corrected chi connectivity index (χ3v) is 4.95. The zero-order valence-corrected chi connectivity index (χ0v) is 15.2. The highest BCUT2D eigenvalue weighted by atomic mass is 16.5. The average Bonchev–Trinajstić information content (AvgIpc) is 2.60. The SMILES string of the molecule is Cc1ccc2c(n1)Oc1ccc([C@](CCC=O)(C(=O)O)N(C)C)cc1C2. The van der Waals surface area contributed by atoms with E-state index in [0.717, 1.165) is 23.1 Å². The highest BCUT2D eigenvalue weighted by molar-refractivity contribution is 5.81. The second kappa shape index (κ2) is 6.88. The number of carboxylic acids is 1. The van der Waals surface area contributed by atoms with Crippen molar-refractivity contribution in [3.05, 3.63) is 52.7 Å². The van der Waals surface area contributed by atoms with E-state index >= 15 is 0 Å². The number of rotatable bonds is 6. The first kappa shape index (κ1) is 18.1. The Balaban J connectivity index is 2.05. The highest BCUT2D eigenvalue weighted by Crippen LogP contribution is 2.39. The number of benzene rings is 1. The van der Waals surface area contributed by atoms with Gasteiger partial charge in [0.1, 0.15) is 17.6 Å². The number of aromatic nitrogens is 1. The Hall–Kier alpha value is -2.73. The first-order chi connectivity index (χ1) is 12.4. The van der Waals surface area contributed by atoms with Crippen molar-refractivity contribution in [1.29, 1.82) is 0 Å². The Morgan fingerprint density at radius 3 is 2.73 bits per heavy atom. The molecule has 0 radical (unpaired) electrons. The molecule has 1 aliphatic heterocycles. The van der Waals surface area contributed by atoms with Crippen LogP contribution in [0.5, 0.6) is 11.6 Å². The summed E-state index contributed by atoms with van der Waals surface area (Å²) in [6.07, 6.45) is 1.76. The van der Waals surface area contributed by atoms with Gasteiger partial charge in [-0.05, 0) is 56.8 Å². The van der Waals surface area contributed by atoms with E-state index in [-0.39, 0.29) is 12.8 Å². The van der Waals surface area contributed by atoms with Gasteiger partial charge in [0.25, 0.3) is 0 Å². The standard InChI is InChI=1S/C20H22N2O4/c1-13-5-6-14-11-15-12-16(7-8-17(15)26-18(14)21-13)20(19(24)25,22(2)3)9-4-10-23/h5-8,10,12H,4,9,11H2,1-3H3,(H,24,25)/t20-/m1/s1. The minimum absolute atomic E-state index is 0.171. The quantitative estimate of drug-likeness (QED) is 0.686. The van der Waals surface area contributed by atoms with E-state index in [1.165, 1.54) is 0 Å². The number of hydrogen-bond acceptors (Lipinski definition) is 5. The van der Waals surface area contributed by atoms with Gasteiger partial charge < -0.3 is 14.6 Å². The fourth-order valence-corrected chi connectivity index (χ4v) is 3.48. The summed E-state index contributed by atoms with van der Waals surface area (Å²) in [5.41, 5.74) is 2.15. The molecule has 2 heterocycles. The van der Waals surface area contributed by atoms with Gasteiger partial charge in [-0.15, -0.1) is 0 Å². The van der Waals surface area contributed by atoms with Crippen molar-refractivity contribution in [2.75, 3.05) is 14.1 Å². The van der Waals surface area contributed by atoms with E-state index in [1.807, 2.05) is 25.1 Å². The molecule has 0 saturated carbocycles. The van der Waals surface area contributed by atoms with Gasteiger partial charge in [0.05, 0.1) is 0 Å². The second-order valence-corrected chi connectivity index (χ2v) is 6.78. The molecule has 0 aliphatic carbocycles. The van der Waals surface area contributed by atoms with Crippen molar-refractivity contribution < 1.29 is 19.4 Å². The van der Waals surface area contributed by atoms with Gasteiger partial charge in [-0.2, -0.15) is 0 Å². The summed E-state index contributed by atoms with van der Waals surface area (Å²) in [6.45, 7) is 1.91. The van der Waals surface area contributed by atoms with E-state index < -0.39 is 11.5 Å². The number of pyridine rings is 1. The number of likely N-dealkylation sites (N-methyl/N-ethyl adjacent to an activating group) is 1. The molecule has 0 saturated heterocycles. The van der Waals surface area contributed by atoms with Crippen molar-refractivity contribution >= 4 is 12.3 Å². The van der Waals surface area contributed by atoms with Crippen molar-refractivity contribution in [2.45, 2.75) is 31.7 Å². The molecule has 1 aromatic carbocycles. The van der Waals surface area contributed by atoms with Crippen molar-refractivity contribution in [3.8, 4) is 11.6 Å². The van der Waals surface area contributed by atoms with Crippen LogP contribution in [-0.4, -0.2) is 41.3 Å². The van der Waals surface area contributed by atoms with Crippen LogP contribution in [0.2, 0.25) is 0 Å². The second-order valence-electron chi connectivity index (χ2n) is 6.78. The summed E-state index contributed by atoms with van der Waals surface area (Å²) < 4.78 is 5.90. The van der Waals surface area contributed by atoms with E-state index in [4.69, 9.17) is 4.74 Å². The van der Waals surface area contributed by atoms with E-state index in [0.29, 0.717) is 23.6 Å². The average molecular weight is 354 g/mol. The minimum Gasteiger partial charge on any atom is -0.480 e. The number of aldehydes is 1. The number of ether oxygens (including phenoxy) is 1. The molecule has 0 spiro atoms. The number of hydrogen-bond donors (Lipinski definition) is 1. The van der Waals surface area contributed by atoms with Gasteiger partial charge >= 0.3 is 5.97 Å². The van der Waals surface area contributed by atoms with E-state index in [1.54, 1.807) is 31.1 Å². The number of nitrogens with zero attached hydrogens (tertiary/aromatic N) is 2. The molecule has 1 N–H and O–H groups in total. The Morgan fingerprint density at radius 2 is 2.08 bits per heavy atom. The number of aliphatic carboxylic acids is 1. The van der Waals surface area contributed by atoms with Crippen molar-refractivity contribution in [1.82, 2.24) is 9.88 Å². The summed E-state index contributed by atoms with van der Waals surface area (Å²) in [4.78, 5) is 29.1. The van der Waals surface area contributed by atoms with Crippen LogP contribution in [0.4, 0.5) is 0 Å². The third kappa shape index (κ3) is 2.97. The molecule has 1 atom stereocenters. The van der Waals surface area contributed by atoms with Crippen LogP contribution >= 0.6 is 0 Å². The molecule has 6 heteroatoms. The zero-order chi connectivity index (χ0) is 18.9. The molecule has 0 fully saturated rings. The lowest BCUT2D eigenvalue weighted by molar-refractivity contribution is -0.151. The maximum Gasteiger partial charge on any atom is 0.328 e. The van der Waals surface area contributed by atoms with Crippen LogP contribution in [0.3, 0.4) is 0 Å². The lowest BCUT2D eigenvalue weighted by Crippen LogP contribution is -2.48. The molecule has 3 rings (SSSR count). The molecule has 0 unspecified atom stereocenters. The molecule has 1 aromatic heterocycles. The minimum atomic E-state index is -1.26. The first-order valence-electron chi connectivity index (χ1n) is 8.50. The van der Waals surface area contributed by atoms with Gasteiger partial charge in [0.2, 0.25) is 5.88 Å². The zero-order valence-electron chi connectivity index (χ0n) is 15.2. The molecule has 0 amide bonds. The number of fused-ring (bicyclic) bond motifs is 2. The first-order valence-corrected chi connectivity index (χ1v) is 8.50. The van der Waals surface area contributed by atoms with E-state index in [2.05, 4.69) is 4.98 Å². The lowest BCUT2D eigenvalue weighted by Gasteiger charge is -2.36. The van der Waals surface area contributed by atoms with Gasteiger partial charge in [-0.3, -0.25) is 4.90 Å². The largest absolute Gasteiger partial charge is 0.480 e. The van der Waals surface area contributed by atoms with Gasteiger partial charge in [0, 0.05) is 24.1 Å².